The molecule has 1 radical (unpaired) electrons. The van der Waals surface area contributed by atoms with Crippen molar-refractivity contribution < 1.29 is 0 Å². The minimum Gasteiger partial charge on any atom is -0.124 e. The van der Waals surface area contributed by atoms with Crippen LogP contribution in [0.3, 0.4) is 0 Å². The number of hydrogen-bond donors (Lipinski definition) is 0. The van der Waals surface area contributed by atoms with E-state index in [1.807, 2.05) is 0 Å². The molecule has 1 heterocycles. The van der Waals surface area contributed by atoms with Crippen molar-refractivity contribution in [2.45, 2.75) is 0 Å². The zero-order valence-electron chi connectivity index (χ0n) is 2.77. The van der Waals surface area contributed by atoms with Crippen molar-refractivity contribution in [3.05, 3.63) is 6.33 Å². The summed E-state index contributed by atoms with van der Waals surface area (Å²) in [5.74, 6) is 0. The Hall–Kier alpha value is -0.710. The summed E-state index contributed by atoms with van der Waals surface area (Å²) in [5.41, 5.74) is 0. The first kappa shape index (κ1) is 3.48. The molecule has 0 fully saturated rings. The highest BCUT2D eigenvalue weighted by Gasteiger charge is 1.75. The van der Waals surface area contributed by atoms with E-state index < -0.39 is 0 Å². The second-order valence-corrected chi connectivity index (χ2v) is 1.02. The zero-order valence-corrected chi connectivity index (χ0v) is 3.59. The monoisotopic (exact) mass is 101 g/mol. The van der Waals surface area contributed by atoms with Gasteiger partial charge in [-0.05, 0) is 5.21 Å². The zero-order chi connectivity index (χ0) is 4.41. The van der Waals surface area contributed by atoms with Gasteiger partial charge in [-0.15, -0.1) is 10.2 Å². The van der Waals surface area contributed by atoms with Gasteiger partial charge in [-0.1, -0.05) is 4.20 Å². The van der Waals surface area contributed by atoms with Gasteiger partial charge in [-0.3, -0.25) is 0 Å². The van der Waals surface area contributed by atoms with Crippen molar-refractivity contribution in [2.75, 3.05) is 0 Å². The molecular formula is CHN4S. The molecule has 0 amide bonds. The molecule has 1 aromatic rings. The molecule has 0 unspecified atom stereocenters. The maximum absolute atomic E-state index is 4.38. The van der Waals surface area contributed by atoms with Gasteiger partial charge in [0.1, 0.15) is 0 Å². The number of aromatic nitrogens is 4. The molecule has 1 aromatic heterocycles. The lowest BCUT2D eigenvalue weighted by molar-refractivity contribution is 0.825. The number of hydrogen-bond acceptors (Lipinski definition) is 3. The molecule has 6 heavy (non-hydrogen) atoms. The maximum atomic E-state index is 4.38. The Morgan fingerprint density at radius 1 is 1.67 bits per heavy atom. The highest BCUT2D eigenvalue weighted by atomic mass is 32.1. The standard InChI is InChI=1S/CHN4S/c6-5-3-1-2-4-5/h1H. The van der Waals surface area contributed by atoms with Gasteiger partial charge < -0.3 is 0 Å². The summed E-state index contributed by atoms with van der Waals surface area (Å²) in [5, 5.41) is 10.0. The molecule has 31 valence electrons. The lowest BCUT2D eigenvalue weighted by atomic mass is 11.4. The smallest absolute Gasteiger partial charge is 0.124 e. The van der Waals surface area contributed by atoms with Gasteiger partial charge in [0, 0.05) is 0 Å². The predicted molar refractivity (Wildman–Crippen MR) is 20.8 cm³/mol. The van der Waals surface area contributed by atoms with Crippen LogP contribution in [0.25, 0.3) is 0 Å². The van der Waals surface area contributed by atoms with Crippen molar-refractivity contribution in [1.82, 2.24) is 19.6 Å². The van der Waals surface area contributed by atoms with Crippen LogP contribution in [-0.2, 0) is 0 Å². The SMILES string of the molecule is [S]n1ncnn1. The second kappa shape index (κ2) is 1.17. The molecule has 4 nitrogen and oxygen atoms in total. The topological polar surface area (TPSA) is 43.6 Å². The van der Waals surface area contributed by atoms with Crippen LogP contribution in [0.2, 0.25) is 0 Å². The molecule has 0 spiro atoms. The molecule has 0 saturated carbocycles. The second-order valence-electron chi connectivity index (χ2n) is 0.689. The van der Waals surface area contributed by atoms with E-state index in [2.05, 4.69) is 28.2 Å². The van der Waals surface area contributed by atoms with Crippen molar-refractivity contribution >= 4 is 12.8 Å². The van der Waals surface area contributed by atoms with Gasteiger partial charge in [0.25, 0.3) is 0 Å². The first-order valence-corrected chi connectivity index (χ1v) is 1.66. The van der Waals surface area contributed by atoms with Crippen LogP contribution in [0.5, 0.6) is 0 Å². The summed E-state index contributed by atoms with van der Waals surface area (Å²) in [6.07, 6.45) is 1.28. The van der Waals surface area contributed by atoms with E-state index in [0.29, 0.717) is 0 Å². The average Bonchev–Trinajstić information content (AvgIpc) is 1.86. The summed E-state index contributed by atoms with van der Waals surface area (Å²) in [4.78, 5) is 0. The number of nitrogens with zero attached hydrogens (tertiary/aromatic N) is 4. The van der Waals surface area contributed by atoms with Crippen LogP contribution >= 0.6 is 12.8 Å². The van der Waals surface area contributed by atoms with Gasteiger partial charge in [0.05, 0.1) is 12.8 Å². The highest BCUT2D eigenvalue weighted by Crippen LogP contribution is 1.68. The van der Waals surface area contributed by atoms with Gasteiger partial charge in [-0.2, -0.15) is 0 Å². The van der Waals surface area contributed by atoms with Crippen LogP contribution in [0.15, 0.2) is 6.33 Å². The Kier molecular flexibility index (Phi) is 0.681. The normalized spacial score (nSPS) is 8.67. The van der Waals surface area contributed by atoms with Crippen LogP contribution in [0, 0.1) is 0 Å². The van der Waals surface area contributed by atoms with Crippen molar-refractivity contribution in [1.29, 1.82) is 0 Å². The molecule has 0 saturated heterocycles. The Balaban J connectivity index is 3.05. The average molecular weight is 101 g/mol. The molecule has 0 atom stereocenters. The summed E-state index contributed by atoms with van der Waals surface area (Å²) < 4.78 is 0.972. The van der Waals surface area contributed by atoms with Gasteiger partial charge in [0.15, 0.2) is 6.33 Å². The quantitative estimate of drug-likeness (QED) is 0.448. The summed E-state index contributed by atoms with van der Waals surface area (Å²) in [6.45, 7) is 0. The van der Waals surface area contributed by atoms with E-state index in [4.69, 9.17) is 0 Å². The van der Waals surface area contributed by atoms with Crippen LogP contribution in [-0.4, -0.2) is 19.6 Å². The largest absolute Gasteiger partial charge is 0.163 e. The fraction of sp³-hybridized carbons (Fsp3) is 0. The fourth-order valence-electron chi connectivity index (χ4n) is 0.158. The molecule has 5 heteroatoms. The minimum absolute atomic E-state index is 0.972. The van der Waals surface area contributed by atoms with Gasteiger partial charge in [0.2, 0.25) is 0 Å². The maximum Gasteiger partial charge on any atom is 0.163 e. The van der Waals surface area contributed by atoms with E-state index >= 15 is 0 Å². The molecular weight excluding hydrogens is 100 g/mol. The van der Waals surface area contributed by atoms with Crippen LogP contribution < -0.4 is 0 Å². The molecule has 0 bridgehead atoms. The van der Waals surface area contributed by atoms with E-state index in [-0.39, 0.29) is 0 Å². The first-order valence-electron chi connectivity index (χ1n) is 1.30. The minimum atomic E-state index is 0.972. The number of tetrazole rings is 1. The molecule has 0 aliphatic heterocycles. The van der Waals surface area contributed by atoms with Crippen LogP contribution in [0.4, 0.5) is 0 Å². The summed E-state index contributed by atoms with van der Waals surface area (Å²) >= 11 is 4.38. The Labute approximate surface area is 39.7 Å². The fourth-order valence-corrected chi connectivity index (χ4v) is 0.242. The molecule has 1 rings (SSSR count). The molecule has 0 aliphatic rings. The third-order valence-corrected chi connectivity index (χ3v) is 0.498. The molecule has 0 aromatic carbocycles. The predicted octanol–water partition coefficient (Wildman–Crippen LogP) is -0.366. The highest BCUT2D eigenvalue weighted by molar-refractivity contribution is 7.78. The van der Waals surface area contributed by atoms with E-state index in [9.17, 15) is 0 Å². The van der Waals surface area contributed by atoms with E-state index in [0.717, 1.165) is 4.20 Å². The lowest BCUT2D eigenvalue weighted by Crippen LogP contribution is -1.82. The van der Waals surface area contributed by atoms with Crippen LogP contribution in [0.1, 0.15) is 0 Å². The van der Waals surface area contributed by atoms with Gasteiger partial charge >= 0.3 is 0 Å². The van der Waals surface area contributed by atoms with E-state index in [1.54, 1.807) is 0 Å². The van der Waals surface area contributed by atoms with Gasteiger partial charge in [-0.25, -0.2) is 0 Å². The Morgan fingerprint density at radius 3 is 2.67 bits per heavy atom. The number of rotatable bonds is 0. The first-order chi connectivity index (χ1) is 2.89. The third-order valence-electron chi connectivity index (χ3n) is 0.330. The lowest BCUT2D eigenvalue weighted by Gasteiger charge is -1.66. The Morgan fingerprint density at radius 2 is 2.50 bits per heavy atom. The summed E-state index contributed by atoms with van der Waals surface area (Å²) in [6, 6.07) is 0. The molecule has 0 N–H and O–H groups in total. The molecule has 0 aliphatic carbocycles. The van der Waals surface area contributed by atoms with Crippen molar-refractivity contribution in [3.8, 4) is 0 Å². The van der Waals surface area contributed by atoms with Crippen molar-refractivity contribution in [2.24, 2.45) is 0 Å². The van der Waals surface area contributed by atoms with E-state index in [1.165, 1.54) is 6.33 Å². The van der Waals surface area contributed by atoms with Crippen molar-refractivity contribution in [3.63, 3.8) is 0 Å². The summed E-state index contributed by atoms with van der Waals surface area (Å²) in [7, 11) is 0. The third kappa shape index (κ3) is 0.436. The Bertz CT molecular complexity index is 111.